The molecule has 2 amide bonds. The first-order valence-corrected chi connectivity index (χ1v) is 8.20. The molecule has 2 aromatic rings. The van der Waals surface area contributed by atoms with Crippen molar-refractivity contribution < 1.29 is 9.18 Å². The average Bonchev–Trinajstić information content (AvgIpc) is 2.51. The van der Waals surface area contributed by atoms with Gasteiger partial charge in [0.25, 0.3) is 0 Å². The van der Waals surface area contributed by atoms with E-state index < -0.39 is 11.8 Å². The highest BCUT2D eigenvalue weighted by Crippen LogP contribution is 2.20. The van der Waals surface area contributed by atoms with Crippen LogP contribution in [0.3, 0.4) is 0 Å². The third kappa shape index (κ3) is 4.39. The minimum Gasteiger partial charge on any atom is -0.323 e. The number of anilines is 1. The van der Waals surface area contributed by atoms with Crippen molar-refractivity contribution in [2.24, 2.45) is 0 Å². The summed E-state index contributed by atoms with van der Waals surface area (Å²) in [4.78, 5) is 14.7. The van der Waals surface area contributed by atoms with Gasteiger partial charge in [0.15, 0.2) is 0 Å². The van der Waals surface area contributed by atoms with Crippen LogP contribution in [0.4, 0.5) is 14.9 Å². The predicted octanol–water partition coefficient (Wildman–Crippen LogP) is 4.86. The van der Waals surface area contributed by atoms with Crippen LogP contribution < -0.4 is 5.32 Å². The number of rotatable bonds is 4. The number of hydrogen-bond donors (Lipinski definition) is 1. The molecule has 0 aliphatic heterocycles. The summed E-state index contributed by atoms with van der Waals surface area (Å²) in [7, 11) is 1.65. The molecule has 0 heterocycles. The molecule has 0 radical (unpaired) electrons. The van der Waals surface area contributed by atoms with Crippen LogP contribution in [-0.4, -0.2) is 24.2 Å². The van der Waals surface area contributed by atoms with E-state index in [1.54, 1.807) is 18.8 Å². The number of carbonyl (C=O) groups excluding carboxylic acids is 1. The van der Waals surface area contributed by atoms with Crippen molar-refractivity contribution in [3.05, 3.63) is 58.9 Å². The van der Waals surface area contributed by atoms with Crippen molar-refractivity contribution in [3.8, 4) is 0 Å². The lowest BCUT2D eigenvalue weighted by Crippen LogP contribution is -2.31. The molecule has 0 saturated heterocycles. The zero-order valence-electron chi connectivity index (χ0n) is 12.3. The number of thioether (sulfide) groups is 1. The number of hydrogen-bond acceptors (Lipinski definition) is 2. The molecule has 1 N–H and O–H groups in total. The molecule has 22 heavy (non-hydrogen) atoms. The van der Waals surface area contributed by atoms with Crippen LogP contribution in [0.15, 0.2) is 47.4 Å². The van der Waals surface area contributed by atoms with Gasteiger partial charge in [0, 0.05) is 23.5 Å². The van der Waals surface area contributed by atoms with Crippen molar-refractivity contribution in [2.45, 2.75) is 11.4 Å². The van der Waals surface area contributed by atoms with Gasteiger partial charge in [-0.2, -0.15) is 0 Å². The fraction of sp³-hybridized carbons (Fsp3) is 0.188. The molecular weight excluding hydrogens is 323 g/mol. The number of carbonyl (C=O) groups is 1. The van der Waals surface area contributed by atoms with Crippen LogP contribution in [-0.2, 0) is 6.54 Å². The Labute approximate surface area is 138 Å². The van der Waals surface area contributed by atoms with Crippen molar-refractivity contribution in [2.75, 3.05) is 18.6 Å². The smallest absolute Gasteiger partial charge is 0.321 e. The Kier molecular flexibility index (Phi) is 5.69. The summed E-state index contributed by atoms with van der Waals surface area (Å²) in [5, 5.41) is 2.88. The zero-order valence-corrected chi connectivity index (χ0v) is 13.8. The Bertz CT molecular complexity index is 664. The molecule has 3 nitrogen and oxygen atoms in total. The number of nitrogens with one attached hydrogen (secondary N) is 1. The topological polar surface area (TPSA) is 32.3 Å². The quantitative estimate of drug-likeness (QED) is 0.807. The highest BCUT2D eigenvalue weighted by molar-refractivity contribution is 7.98. The van der Waals surface area contributed by atoms with Crippen molar-refractivity contribution in [1.29, 1.82) is 0 Å². The van der Waals surface area contributed by atoms with Gasteiger partial charge in [0.05, 0.1) is 5.69 Å². The van der Waals surface area contributed by atoms with Crippen molar-refractivity contribution in [1.82, 2.24) is 4.90 Å². The second-order valence-corrected chi connectivity index (χ2v) is 6.07. The summed E-state index contributed by atoms with van der Waals surface area (Å²) in [5.74, 6) is -0.518. The van der Waals surface area contributed by atoms with Gasteiger partial charge in [-0.3, -0.25) is 0 Å². The van der Waals surface area contributed by atoms with Gasteiger partial charge in [0.2, 0.25) is 0 Å². The molecule has 0 unspecified atom stereocenters. The highest BCUT2D eigenvalue weighted by atomic mass is 35.5. The lowest BCUT2D eigenvalue weighted by molar-refractivity contribution is 0.220. The molecule has 116 valence electrons. The largest absolute Gasteiger partial charge is 0.323 e. The van der Waals surface area contributed by atoms with Gasteiger partial charge in [0.1, 0.15) is 5.82 Å². The maximum atomic E-state index is 13.6. The Morgan fingerprint density at radius 2 is 1.95 bits per heavy atom. The summed E-state index contributed by atoms with van der Waals surface area (Å²) >= 11 is 7.46. The molecular formula is C16H16ClFN2OS. The van der Waals surface area contributed by atoms with Crippen LogP contribution in [0.25, 0.3) is 0 Å². The number of urea groups is 1. The van der Waals surface area contributed by atoms with E-state index in [9.17, 15) is 9.18 Å². The van der Waals surface area contributed by atoms with Crippen LogP contribution in [0.5, 0.6) is 0 Å². The van der Waals surface area contributed by atoms with Gasteiger partial charge in [-0.05, 0) is 42.2 Å². The van der Waals surface area contributed by atoms with E-state index in [1.807, 2.05) is 30.5 Å². The van der Waals surface area contributed by atoms with E-state index in [4.69, 9.17) is 11.6 Å². The highest BCUT2D eigenvalue weighted by Gasteiger charge is 2.12. The summed E-state index contributed by atoms with van der Waals surface area (Å²) in [6, 6.07) is 11.6. The lowest BCUT2D eigenvalue weighted by Gasteiger charge is -2.18. The van der Waals surface area contributed by atoms with E-state index >= 15 is 0 Å². The van der Waals surface area contributed by atoms with E-state index in [-0.39, 0.29) is 5.69 Å². The summed E-state index contributed by atoms with van der Waals surface area (Å²) in [5.41, 5.74) is 1.07. The van der Waals surface area contributed by atoms with Gasteiger partial charge in [-0.25, -0.2) is 9.18 Å². The summed E-state index contributed by atoms with van der Waals surface area (Å²) in [6.07, 6.45) is 2.01. The Morgan fingerprint density at radius 1 is 1.27 bits per heavy atom. The molecule has 6 heteroatoms. The van der Waals surface area contributed by atoms with Crippen LogP contribution in [0, 0.1) is 5.82 Å². The van der Waals surface area contributed by atoms with Crippen LogP contribution in [0.1, 0.15) is 5.56 Å². The summed E-state index contributed by atoms with van der Waals surface area (Å²) in [6.45, 7) is 0.433. The molecule has 0 aromatic heterocycles. The molecule has 2 rings (SSSR count). The standard InChI is InChI=1S/C16H16ClFN2OS/c1-20(10-11-3-6-13(22-2)7-4-11)16(21)19-15-9-12(17)5-8-14(15)18/h3-9H,10H2,1-2H3,(H,19,21). The fourth-order valence-electron chi connectivity index (χ4n) is 1.88. The molecule has 0 saturated carbocycles. The van der Waals surface area contributed by atoms with Gasteiger partial charge < -0.3 is 10.2 Å². The minimum atomic E-state index is -0.518. The van der Waals surface area contributed by atoms with Gasteiger partial charge in [-0.1, -0.05) is 23.7 Å². The van der Waals surface area contributed by atoms with E-state index in [2.05, 4.69) is 5.32 Å². The molecule has 0 atom stereocenters. The summed E-state index contributed by atoms with van der Waals surface area (Å²) < 4.78 is 13.6. The Balaban J connectivity index is 2.00. The van der Waals surface area contributed by atoms with E-state index in [0.29, 0.717) is 11.6 Å². The van der Waals surface area contributed by atoms with E-state index in [0.717, 1.165) is 10.5 Å². The molecule has 0 spiro atoms. The van der Waals surface area contributed by atoms with Crippen molar-refractivity contribution in [3.63, 3.8) is 0 Å². The number of nitrogens with zero attached hydrogens (tertiary/aromatic N) is 1. The van der Waals surface area contributed by atoms with Gasteiger partial charge in [-0.15, -0.1) is 11.8 Å². The zero-order chi connectivity index (χ0) is 16.1. The third-order valence-electron chi connectivity index (χ3n) is 3.10. The molecule has 0 fully saturated rings. The van der Waals surface area contributed by atoms with Gasteiger partial charge >= 0.3 is 6.03 Å². The van der Waals surface area contributed by atoms with Crippen molar-refractivity contribution >= 4 is 35.1 Å². The third-order valence-corrected chi connectivity index (χ3v) is 4.07. The normalized spacial score (nSPS) is 10.4. The molecule has 0 aliphatic carbocycles. The first kappa shape index (κ1) is 16.6. The maximum absolute atomic E-state index is 13.6. The predicted molar refractivity (Wildman–Crippen MR) is 90.1 cm³/mol. The fourth-order valence-corrected chi connectivity index (χ4v) is 2.46. The second-order valence-electron chi connectivity index (χ2n) is 4.76. The monoisotopic (exact) mass is 338 g/mol. The SMILES string of the molecule is CSc1ccc(CN(C)C(=O)Nc2cc(Cl)ccc2F)cc1. The first-order chi connectivity index (χ1) is 10.5. The van der Waals surface area contributed by atoms with Crippen LogP contribution in [0.2, 0.25) is 5.02 Å². The number of amides is 2. The minimum absolute atomic E-state index is 0.0714. The number of halogens is 2. The first-order valence-electron chi connectivity index (χ1n) is 6.59. The Hall–Kier alpha value is -1.72. The Morgan fingerprint density at radius 3 is 2.59 bits per heavy atom. The molecule has 2 aromatic carbocycles. The average molecular weight is 339 g/mol. The van der Waals surface area contributed by atoms with Crippen LogP contribution >= 0.6 is 23.4 Å². The molecule has 0 bridgehead atoms. The van der Waals surface area contributed by atoms with E-state index in [1.165, 1.54) is 23.1 Å². The maximum Gasteiger partial charge on any atom is 0.321 e. The number of benzene rings is 2. The molecule has 0 aliphatic rings. The lowest BCUT2D eigenvalue weighted by atomic mass is 10.2. The second kappa shape index (κ2) is 7.51.